The number of terminal acetylenes is 1. The lowest BCUT2D eigenvalue weighted by molar-refractivity contribution is -0.131. The van der Waals surface area contributed by atoms with Gasteiger partial charge in [-0.1, -0.05) is 36.3 Å². The van der Waals surface area contributed by atoms with Crippen molar-refractivity contribution in [2.24, 2.45) is 5.41 Å². The lowest BCUT2D eigenvalue weighted by Gasteiger charge is -2.44. The fraction of sp³-hybridized carbons (Fsp3) is 0.263. The molecule has 0 fully saturated rings. The van der Waals surface area contributed by atoms with E-state index in [9.17, 15) is 14.7 Å². The largest absolute Gasteiger partial charge is 0.478 e. The van der Waals surface area contributed by atoms with Crippen LogP contribution in [0.15, 0.2) is 48.1 Å². The molecule has 0 bridgehead atoms. The zero-order chi connectivity index (χ0) is 17.3. The minimum atomic E-state index is -1.56. The van der Waals surface area contributed by atoms with Gasteiger partial charge in [-0.05, 0) is 31.1 Å². The van der Waals surface area contributed by atoms with E-state index in [1.54, 1.807) is 38.1 Å². The van der Waals surface area contributed by atoms with Crippen molar-refractivity contribution in [1.29, 1.82) is 0 Å². The fourth-order valence-corrected chi connectivity index (χ4v) is 2.84. The second-order valence-corrected chi connectivity index (χ2v) is 5.95. The summed E-state index contributed by atoms with van der Waals surface area (Å²) in [6.07, 6.45) is 9.66. The summed E-state index contributed by atoms with van der Waals surface area (Å²) in [5.74, 6) is 1.36. The number of fused-ring (bicyclic) bond motifs is 1. The van der Waals surface area contributed by atoms with Gasteiger partial charge in [-0.3, -0.25) is 4.79 Å². The normalized spacial score (nSPS) is 27.6. The monoisotopic (exact) mass is 310 g/mol. The average molecular weight is 310 g/mol. The maximum absolute atomic E-state index is 12.3. The third kappa shape index (κ3) is 2.84. The van der Waals surface area contributed by atoms with Gasteiger partial charge in [0, 0.05) is 18.1 Å². The summed E-state index contributed by atoms with van der Waals surface area (Å²) in [6.45, 7) is 3.27. The summed E-state index contributed by atoms with van der Waals surface area (Å²) in [6, 6.07) is 6.79. The summed E-state index contributed by atoms with van der Waals surface area (Å²) in [5, 5.41) is 20.1. The van der Waals surface area contributed by atoms with E-state index in [0.29, 0.717) is 16.7 Å². The molecule has 0 radical (unpaired) electrons. The number of ketones is 1. The first kappa shape index (κ1) is 16.7. The molecule has 1 aliphatic rings. The number of benzene rings is 1. The van der Waals surface area contributed by atoms with Crippen molar-refractivity contribution in [1.82, 2.24) is 0 Å². The van der Waals surface area contributed by atoms with Crippen molar-refractivity contribution < 1.29 is 19.8 Å². The van der Waals surface area contributed by atoms with E-state index in [-0.39, 0.29) is 12.2 Å². The number of aliphatic carboxylic acids is 1. The smallest absolute Gasteiger partial charge is 0.328 e. The van der Waals surface area contributed by atoms with Crippen LogP contribution in [0, 0.1) is 17.8 Å². The van der Waals surface area contributed by atoms with E-state index in [1.807, 2.05) is 0 Å². The molecule has 4 nitrogen and oxygen atoms in total. The van der Waals surface area contributed by atoms with Crippen LogP contribution in [0.5, 0.6) is 0 Å². The zero-order valence-corrected chi connectivity index (χ0v) is 13.0. The average Bonchev–Trinajstić information content (AvgIpc) is 2.50. The number of carboxylic acids is 1. The molecule has 2 rings (SSSR count). The Balaban J connectivity index is 2.62. The summed E-state index contributed by atoms with van der Waals surface area (Å²) in [5.41, 5.74) is -1.33. The number of hydrogen-bond acceptors (Lipinski definition) is 3. The molecule has 0 unspecified atom stereocenters. The standard InChI is InChI=1S/C19H18O4/c1-4-18(3)12-16(20)14-7-5-6-8-15(14)19(18,23)10-9-13(2)11-17(21)22/h1,5-11,23H,12H2,2-3H3,(H,21,22)/b10-9+,13-11-/t18-,19+/m0/s1. The molecule has 2 N–H and O–H groups in total. The highest BCUT2D eigenvalue weighted by atomic mass is 16.4. The van der Waals surface area contributed by atoms with Gasteiger partial charge in [0.15, 0.2) is 5.78 Å². The Morgan fingerprint density at radius 1 is 1.39 bits per heavy atom. The molecule has 0 aromatic heterocycles. The van der Waals surface area contributed by atoms with Crippen LogP contribution in [-0.2, 0) is 10.4 Å². The van der Waals surface area contributed by atoms with Crippen molar-refractivity contribution >= 4 is 11.8 Å². The first-order valence-corrected chi connectivity index (χ1v) is 7.17. The number of carboxylic acid groups (broad SMARTS) is 1. The first-order chi connectivity index (χ1) is 10.7. The topological polar surface area (TPSA) is 74.6 Å². The fourth-order valence-electron chi connectivity index (χ4n) is 2.84. The molecular weight excluding hydrogens is 292 g/mol. The van der Waals surface area contributed by atoms with Gasteiger partial charge in [-0.25, -0.2) is 4.79 Å². The summed E-state index contributed by atoms with van der Waals surface area (Å²) < 4.78 is 0. The van der Waals surface area contributed by atoms with Gasteiger partial charge in [0.05, 0.1) is 5.41 Å². The lowest BCUT2D eigenvalue weighted by atomic mass is 9.61. The Kier molecular flexibility index (Phi) is 4.26. The van der Waals surface area contributed by atoms with Gasteiger partial charge in [0.25, 0.3) is 0 Å². The molecule has 0 saturated heterocycles. The Labute approximate surface area is 135 Å². The van der Waals surface area contributed by atoms with Gasteiger partial charge in [0.1, 0.15) is 5.60 Å². The van der Waals surface area contributed by atoms with E-state index >= 15 is 0 Å². The molecule has 2 atom stereocenters. The minimum Gasteiger partial charge on any atom is -0.478 e. The number of allylic oxidation sites excluding steroid dienone is 2. The highest BCUT2D eigenvalue weighted by Gasteiger charge is 2.51. The SMILES string of the molecule is C#C[C@@]1(C)CC(=O)c2ccccc2[C@]1(O)/C=C/C(C)=C\C(=O)O. The molecular formula is C19H18O4. The van der Waals surface area contributed by atoms with Crippen LogP contribution in [0.25, 0.3) is 0 Å². The lowest BCUT2D eigenvalue weighted by Crippen LogP contribution is -2.47. The molecule has 1 aromatic carbocycles. The van der Waals surface area contributed by atoms with Crippen LogP contribution in [0.4, 0.5) is 0 Å². The molecule has 1 aliphatic carbocycles. The van der Waals surface area contributed by atoms with Gasteiger partial charge >= 0.3 is 5.97 Å². The maximum Gasteiger partial charge on any atom is 0.328 e. The van der Waals surface area contributed by atoms with Crippen LogP contribution in [0.2, 0.25) is 0 Å². The summed E-state index contributed by atoms with van der Waals surface area (Å²) in [4.78, 5) is 23.0. The molecule has 0 aliphatic heterocycles. The molecule has 23 heavy (non-hydrogen) atoms. The predicted molar refractivity (Wildman–Crippen MR) is 86.8 cm³/mol. The molecule has 0 heterocycles. The van der Waals surface area contributed by atoms with Crippen LogP contribution in [-0.4, -0.2) is 22.0 Å². The Hall–Kier alpha value is -2.64. The van der Waals surface area contributed by atoms with E-state index in [1.165, 1.54) is 12.2 Å². The number of hydrogen-bond donors (Lipinski definition) is 2. The second-order valence-electron chi connectivity index (χ2n) is 5.95. The molecule has 0 amide bonds. The van der Waals surface area contributed by atoms with E-state index < -0.39 is 17.0 Å². The number of Topliss-reactive ketones (excluding diaryl/α,β-unsaturated/α-hetero) is 1. The Morgan fingerprint density at radius 2 is 2.04 bits per heavy atom. The maximum atomic E-state index is 12.3. The Morgan fingerprint density at radius 3 is 2.65 bits per heavy atom. The zero-order valence-electron chi connectivity index (χ0n) is 13.0. The van der Waals surface area contributed by atoms with Gasteiger partial charge in [0.2, 0.25) is 0 Å². The molecule has 0 spiro atoms. The van der Waals surface area contributed by atoms with Crippen molar-refractivity contribution in [2.75, 3.05) is 0 Å². The van der Waals surface area contributed by atoms with Crippen molar-refractivity contribution in [3.8, 4) is 12.3 Å². The minimum absolute atomic E-state index is 0.0169. The highest BCUT2D eigenvalue weighted by Crippen LogP contribution is 2.49. The number of carbonyl (C=O) groups is 2. The van der Waals surface area contributed by atoms with E-state index in [0.717, 1.165) is 6.08 Å². The van der Waals surface area contributed by atoms with Crippen LogP contribution < -0.4 is 0 Å². The summed E-state index contributed by atoms with van der Waals surface area (Å²) in [7, 11) is 0. The van der Waals surface area contributed by atoms with Gasteiger partial charge in [-0.15, -0.1) is 6.42 Å². The van der Waals surface area contributed by atoms with Crippen molar-refractivity contribution in [3.05, 3.63) is 59.2 Å². The highest BCUT2D eigenvalue weighted by molar-refractivity contribution is 6.00. The third-order valence-electron chi connectivity index (χ3n) is 4.25. The van der Waals surface area contributed by atoms with E-state index in [2.05, 4.69) is 5.92 Å². The van der Waals surface area contributed by atoms with Crippen molar-refractivity contribution in [2.45, 2.75) is 25.9 Å². The van der Waals surface area contributed by atoms with E-state index in [4.69, 9.17) is 11.5 Å². The summed E-state index contributed by atoms with van der Waals surface area (Å²) >= 11 is 0. The second kappa shape index (κ2) is 5.86. The van der Waals surface area contributed by atoms with Crippen molar-refractivity contribution in [3.63, 3.8) is 0 Å². The van der Waals surface area contributed by atoms with Gasteiger partial charge in [-0.2, -0.15) is 0 Å². The van der Waals surface area contributed by atoms with Crippen LogP contribution in [0.1, 0.15) is 36.2 Å². The predicted octanol–water partition coefficient (Wildman–Crippen LogP) is 2.69. The Bertz CT molecular complexity index is 766. The first-order valence-electron chi connectivity index (χ1n) is 7.17. The quantitative estimate of drug-likeness (QED) is 0.511. The molecule has 1 aromatic rings. The van der Waals surface area contributed by atoms with Crippen LogP contribution >= 0.6 is 0 Å². The molecule has 0 saturated carbocycles. The van der Waals surface area contributed by atoms with Gasteiger partial charge < -0.3 is 10.2 Å². The number of aliphatic hydroxyl groups is 1. The third-order valence-corrected chi connectivity index (χ3v) is 4.25. The molecule has 118 valence electrons. The number of carbonyl (C=O) groups excluding carboxylic acids is 1. The number of rotatable bonds is 3. The van der Waals surface area contributed by atoms with Crippen LogP contribution in [0.3, 0.4) is 0 Å². The molecule has 4 heteroatoms.